The van der Waals surface area contributed by atoms with Gasteiger partial charge in [-0.05, 0) is 17.1 Å². The van der Waals surface area contributed by atoms with Gasteiger partial charge in [0.15, 0.2) is 0 Å². The SMILES string of the molecule is CCCCO[P+](=O)Cc1ccccc1Br. The maximum atomic E-state index is 11.5. The second-order valence-corrected chi connectivity index (χ2v) is 5.36. The molecular weight excluding hydrogens is 275 g/mol. The van der Waals surface area contributed by atoms with Crippen molar-refractivity contribution in [1.82, 2.24) is 0 Å². The lowest BCUT2D eigenvalue weighted by Gasteiger charge is -1.96. The summed E-state index contributed by atoms with van der Waals surface area (Å²) in [6.45, 7) is 2.68. The van der Waals surface area contributed by atoms with Crippen molar-refractivity contribution in [2.45, 2.75) is 25.9 Å². The van der Waals surface area contributed by atoms with E-state index in [4.69, 9.17) is 4.52 Å². The van der Waals surface area contributed by atoms with E-state index in [0.717, 1.165) is 22.9 Å². The largest absolute Gasteiger partial charge is 0.512 e. The molecule has 2 nitrogen and oxygen atoms in total. The van der Waals surface area contributed by atoms with Gasteiger partial charge in [0.1, 0.15) is 6.61 Å². The molecule has 0 aliphatic rings. The van der Waals surface area contributed by atoms with Crippen molar-refractivity contribution in [1.29, 1.82) is 0 Å². The number of benzene rings is 1. The van der Waals surface area contributed by atoms with E-state index in [1.807, 2.05) is 24.3 Å². The van der Waals surface area contributed by atoms with E-state index < -0.39 is 8.03 Å². The van der Waals surface area contributed by atoms with Gasteiger partial charge in [-0.1, -0.05) is 47.5 Å². The summed E-state index contributed by atoms with van der Waals surface area (Å²) in [5.41, 5.74) is 1.04. The monoisotopic (exact) mass is 289 g/mol. The molecule has 0 amide bonds. The van der Waals surface area contributed by atoms with Crippen molar-refractivity contribution in [2.75, 3.05) is 6.61 Å². The van der Waals surface area contributed by atoms with Gasteiger partial charge in [0, 0.05) is 10.0 Å². The minimum atomic E-state index is -1.56. The van der Waals surface area contributed by atoms with Gasteiger partial charge >= 0.3 is 8.03 Å². The van der Waals surface area contributed by atoms with Crippen molar-refractivity contribution in [3.05, 3.63) is 34.3 Å². The summed E-state index contributed by atoms with van der Waals surface area (Å²) in [4.78, 5) is 0. The number of rotatable bonds is 6. The van der Waals surface area contributed by atoms with Crippen LogP contribution < -0.4 is 0 Å². The standard InChI is InChI=1S/C11H15BrO2P/c1-2-3-8-14-15(13)9-10-6-4-5-7-11(10)12/h4-7H,2-3,8-9H2,1H3/q+1. The molecular formula is C11H15BrO2P+. The average molecular weight is 290 g/mol. The summed E-state index contributed by atoms with van der Waals surface area (Å²) in [6.07, 6.45) is 2.52. The molecule has 0 saturated carbocycles. The van der Waals surface area contributed by atoms with Crippen LogP contribution >= 0.6 is 24.0 Å². The molecule has 82 valence electrons. The molecule has 0 N–H and O–H groups in total. The average Bonchev–Trinajstić information content (AvgIpc) is 2.22. The Labute approximate surface area is 100 Å². The molecule has 1 rings (SSSR count). The zero-order valence-corrected chi connectivity index (χ0v) is 11.3. The first-order valence-corrected chi connectivity index (χ1v) is 7.20. The molecule has 0 spiro atoms. The summed E-state index contributed by atoms with van der Waals surface area (Å²) in [5, 5.41) is 0. The lowest BCUT2D eigenvalue weighted by atomic mass is 10.2. The topological polar surface area (TPSA) is 26.3 Å². The third kappa shape index (κ3) is 4.87. The maximum absolute atomic E-state index is 11.5. The fourth-order valence-corrected chi connectivity index (χ4v) is 2.74. The highest BCUT2D eigenvalue weighted by Crippen LogP contribution is 2.31. The predicted molar refractivity (Wildman–Crippen MR) is 66.3 cm³/mol. The van der Waals surface area contributed by atoms with Crippen LogP contribution in [0.4, 0.5) is 0 Å². The predicted octanol–water partition coefficient (Wildman–Crippen LogP) is 4.51. The zero-order chi connectivity index (χ0) is 11.1. The van der Waals surface area contributed by atoms with Crippen LogP contribution in [0.2, 0.25) is 0 Å². The van der Waals surface area contributed by atoms with Crippen LogP contribution in [0.3, 0.4) is 0 Å². The highest BCUT2D eigenvalue weighted by molar-refractivity contribution is 9.10. The van der Waals surface area contributed by atoms with Gasteiger partial charge in [-0.2, -0.15) is 0 Å². The molecule has 0 radical (unpaired) electrons. The highest BCUT2D eigenvalue weighted by Gasteiger charge is 2.19. The molecule has 1 atom stereocenters. The molecule has 15 heavy (non-hydrogen) atoms. The fraction of sp³-hybridized carbons (Fsp3) is 0.455. The number of halogens is 1. The van der Waals surface area contributed by atoms with Crippen LogP contribution in [0.1, 0.15) is 25.3 Å². The van der Waals surface area contributed by atoms with E-state index in [1.165, 1.54) is 0 Å². The van der Waals surface area contributed by atoms with E-state index >= 15 is 0 Å². The number of hydrogen-bond donors (Lipinski definition) is 0. The molecule has 0 saturated heterocycles. The first kappa shape index (κ1) is 12.8. The summed E-state index contributed by atoms with van der Waals surface area (Å²) in [5.74, 6) is 0. The molecule has 0 aliphatic heterocycles. The lowest BCUT2D eigenvalue weighted by molar-refractivity contribution is 0.320. The highest BCUT2D eigenvalue weighted by atomic mass is 79.9. The first-order valence-electron chi connectivity index (χ1n) is 5.05. The van der Waals surface area contributed by atoms with Gasteiger partial charge in [0.05, 0.1) is 0 Å². The summed E-state index contributed by atoms with van der Waals surface area (Å²) >= 11 is 3.42. The Bertz CT molecular complexity index is 328. The Kier molecular flexibility index (Phi) is 6.07. The van der Waals surface area contributed by atoms with Gasteiger partial charge in [0.25, 0.3) is 0 Å². The van der Waals surface area contributed by atoms with Crippen LogP contribution in [-0.2, 0) is 15.3 Å². The number of hydrogen-bond acceptors (Lipinski definition) is 2. The third-order valence-corrected chi connectivity index (χ3v) is 3.83. The van der Waals surface area contributed by atoms with Crippen LogP contribution in [0.15, 0.2) is 28.7 Å². The zero-order valence-electron chi connectivity index (χ0n) is 8.78. The summed E-state index contributed by atoms with van der Waals surface area (Å²) in [6, 6.07) is 7.79. The second-order valence-electron chi connectivity index (χ2n) is 3.27. The van der Waals surface area contributed by atoms with Crippen LogP contribution in [0, 0.1) is 0 Å². The van der Waals surface area contributed by atoms with Crippen LogP contribution in [0.25, 0.3) is 0 Å². The Morgan fingerprint density at radius 2 is 2.13 bits per heavy atom. The molecule has 1 aromatic carbocycles. The Morgan fingerprint density at radius 1 is 1.40 bits per heavy atom. The van der Waals surface area contributed by atoms with E-state index in [0.29, 0.717) is 12.8 Å². The van der Waals surface area contributed by atoms with Gasteiger partial charge < -0.3 is 0 Å². The summed E-state index contributed by atoms with van der Waals surface area (Å²) < 4.78 is 17.8. The van der Waals surface area contributed by atoms with Crippen molar-refractivity contribution in [2.24, 2.45) is 0 Å². The lowest BCUT2D eigenvalue weighted by Crippen LogP contribution is -1.88. The van der Waals surface area contributed by atoms with Crippen molar-refractivity contribution < 1.29 is 9.09 Å². The van der Waals surface area contributed by atoms with Gasteiger partial charge in [0.2, 0.25) is 6.16 Å². The molecule has 0 aliphatic carbocycles. The van der Waals surface area contributed by atoms with E-state index in [9.17, 15) is 4.57 Å². The van der Waals surface area contributed by atoms with E-state index in [2.05, 4.69) is 22.9 Å². The minimum Gasteiger partial charge on any atom is -0.146 e. The smallest absolute Gasteiger partial charge is 0.146 e. The van der Waals surface area contributed by atoms with E-state index in [1.54, 1.807) is 0 Å². The van der Waals surface area contributed by atoms with Crippen molar-refractivity contribution in [3.63, 3.8) is 0 Å². The van der Waals surface area contributed by atoms with Crippen LogP contribution in [0.5, 0.6) is 0 Å². The fourth-order valence-electron chi connectivity index (χ4n) is 1.12. The van der Waals surface area contributed by atoms with Crippen molar-refractivity contribution >= 4 is 24.0 Å². The molecule has 0 heterocycles. The normalized spacial score (nSPS) is 11.5. The van der Waals surface area contributed by atoms with Gasteiger partial charge in [-0.3, -0.25) is 0 Å². The molecule has 0 bridgehead atoms. The Hall–Kier alpha value is -0.240. The van der Waals surface area contributed by atoms with Gasteiger partial charge in [-0.25, -0.2) is 0 Å². The number of unbranched alkanes of at least 4 members (excludes halogenated alkanes) is 1. The molecule has 1 aromatic rings. The summed E-state index contributed by atoms with van der Waals surface area (Å²) in [7, 11) is -1.56. The second kappa shape index (κ2) is 7.10. The molecule has 1 unspecified atom stereocenters. The quantitative estimate of drug-likeness (QED) is 0.569. The Morgan fingerprint density at radius 3 is 2.80 bits per heavy atom. The maximum Gasteiger partial charge on any atom is 0.512 e. The van der Waals surface area contributed by atoms with Gasteiger partial charge in [-0.15, -0.1) is 4.52 Å². The third-order valence-electron chi connectivity index (χ3n) is 1.99. The molecule has 4 heteroatoms. The van der Waals surface area contributed by atoms with Crippen molar-refractivity contribution in [3.8, 4) is 0 Å². The van der Waals surface area contributed by atoms with Crippen LogP contribution in [-0.4, -0.2) is 6.61 Å². The van der Waals surface area contributed by atoms with E-state index in [-0.39, 0.29) is 0 Å². The Balaban J connectivity index is 2.41. The molecule has 0 aromatic heterocycles. The minimum absolute atomic E-state index is 0.487. The molecule has 0 fully saturated rings. The first-order chi connectivity index (χ1) is 7.24.